The van der Waals surface area contributed by atoms with Crippen molar-refractivity contribution in [1.82, 2.24) is 34.7 Å². The molecule has 134 valence electrons. The molecule has 4 rings (SSSR count). The van der Waals surface area contributed by atoms with Crippen LogP contribution in [0.15, 0.2) is 34.9 Å². The molecular formula is C15H15BrClN9. The normalized spacial score (nSPS) is 10.6. The van der Waals surface area contributed by atoms with Gasteiger partial charge in [-0.2, -0.15) is 20.1 Å². The van der Waals surface area contributed by atoms with Gasteiger partial charge in [0.05, 0.1) is 17.2 Å². The Morgan fingerprint density at radius 2 is 1.96 bits per heavy atom. The number of aryl methyl sites for hydroxylation is 1. The summed E-state index contributed by atoms with van der Waals surface area (Å²) >= 11 is 3.48. The molecule has 0 bridgehead atoms. The minimum absolute atomic E-state index is 0. The third-order valence-corrected chi connectivity index (χ3v) is 4.02. The van der Waals surface area contributed by atoms with Gasteiger partial charge in [0.2, 0.25) is 17.8 Å². The van der Waals surface area contributed by atoms with E-state index in [0.29, 0.717) is 23.7 Å². The Hall–Kier alpha value is -2.72. The molecule has 11 heteroatoms. The van der Waals surface area contributed by atoms with Gasteiger partial charge in [0.15, 0.2) is 0 Å². The largest absolute Gasteiger partial charge is 0.357 e. The summed E-state index contributed by atoms with van der Waals surface area (Å²) in [7, 11) is 1.77. The summed E-state index contributed by atoms with van der Waals surface area (Å²) in [5.74, 6) is 2.87. The molecule has 26 heavy (non-hydrogen) atoms. The molecule has 3 heterocycles. The highest BCUT2D eigenvalue weighted by atomic mass is 79.9. The van der Waals surface area contributed by atoms with Crippen LogP contribution in [0.5, 0.6) is 0 Å². The Bertz CT molecular complexity index is 1040. The van der Waals surface area contributed by atoms with Crippen molar-refractivity contribution < 1.29 is 0 Å². The standard InChI is InChI=1S/C15H14BrN9.ClH/c1-8-19-13(17-2)23-14(20-8)25-11-4-3-9(16)7-10(11)21-15(25)22-12-5-6-18-24-12;/h3-7H,1-2H3,(H,17,19,20,23)(H2,18,21,22,24);1H. The zero-order valence-electron chi connectivity index (χ0n) is 13.9. The number of nitrogens with one attached hydrogen (secondary N) is 3. The number of imidazole rings is 1. The van der Waals surface area contributed by atoms with Gasteiger partial charge >= 0.3 is 0 Å². The van der Waals surface area contributed by atoms with E-state index >= 15 is 0 Å². The van der Waals surface area contributed by atoms with Crippen LogP contribution in [0.3, 0.4) is 0 Å². The highest BCUT2D eigenvalue weighted by molar-refractivity contribution is 9.10. The fourth-order valence-electron chi connectivity index (χ4n) is 2.47. The summed E-state index contributed by atoms with van der Waals surface area (Å²) in [4.78, 5) is 17.9. The molecule has 0 atom stereocenters. The summed E-state index contributed by atoms with van der Waals surface area (Å²) in [5, 5.41) is 13.0. The summed E-state index contributed by atoms with van der Waals surface area (Å²) < 4.78 is 2.79. The van der Waals surface area contributed by atoms with Crippen LogP contribution in [-0.4, -0.2) is 41.7 Å². The van der Waals surface area contributed by atoms with Gasteiger partial charge in [0.1, 0.15) is 11.6 Å². The number of halogens is 2. The molecule has 3 aromatic heterocycles. The van der Waals surface area contributed by atoms with Gasteiger partial charge in [0.25, 0.3) is 0 Å². The number of aromatic nitrogens is 7. The molecule has 0 amide bonds. The van der Waals surface area contributed by atoms with Gasteiger partial charge in [-0.15, -0.1) is 12.4 Å². The Kier molecular flexibility index (Phi) is 5.05. The lowest BCUT2D eigenvalue weighted by atomic mass is 10.3. The van der Waals surface area contributed by atoms with Gasteiger partial charge in [-0.3, -0.25) is 5.10 Å². The van der Waals surface area contributed by atoms with Crippen LogP contribution in [0, 0.1) is 6.92 Å². The van der Waals surface area contributed by atoms with Crippen molar-refractivity contribution in [2.75, 3.05) is 17.7 Å². The Morgan fingerprint density at radius 1 is 1.12 bits per heavy atom. The van der Waals surface area contributed by atoms with Crippen molar-refractivity contribution in [3.8, 4) is 5.95 Å². The number of hydrogen-bond acceptors (Lipinski definition) is 7. The number of benzene rings is 1. The molecule has 0 saturated heterocycles. The summed E-state index contributed by atoms with van der Waals surface area (Å²) in [6.45, 7) is 1.82. The molecule has 0 unspecified atom stereocenters. The molecule has 0 saturated carbocycles. The second-order valence-electron chi connectivity index (χ2n) is 5.26. The smallest absolute Gasteiger partial charge is 0.242 e. The highest BCUT2D eigenvalue weighted by Crippen LogP contribution is 2.27. The zero-order chi connectivity index (χ0) is 17.4. The Balaban J connectivity index is 0.00000196. The van der Waals surface area contributed by atoms with Crippen LogP contribution < -0.4 is 10.6 Å². The minimum Gasteiger partial charge on any atom is -0.357 e. The van der Waals surface area contributed by atoms with Gasteiger partial charge in [-0.25, -0.2) is 9.55 Å². The number of fused-ring (bicyclic) bond motifs is 1. The third kappa shape index (κ3) is 3.33. The van der Waals surface area contributed by atoms with Crippen LogP contribution in [0.1, 0.15) is 5.82 Å². The van der Waals surface area contributed by atoms with E-state index in [9.17, 15) is 0 Å². The lowest BCUT2D eigenvalue weighted by Crippen LogP contribution is -2.10. The van der Waals surface area contributed by atoms with Crippen molar-refractivity contribution in [2.24, 2.45) is 0 Å². The van der Waals surface area contributed by atoms with E-state index in [4.69, 9.17) is 0 Å². The van der Waals surface area contributed by atoms with Gasteiger partial charge in [-0.05, 0) is 25.1 Å². The predicted octanol–water partition coefficient (Wildman–Crippen LogP) is 3.21. The molecule has 0 fully saturated rings. The molecular weight excluding hydrogens is 422 g/mol. The Labute approximate surface area is 163 Å². The maximum Gasteiger partial charge on any atom is 0.242 e. The second-order valence-corrected chi connectivity index (χ2v) is 6.17. The maximum atomic E-state index is 4.66. The van der Waals surface area contributed by atoms with Crippen LogP contribution in [-0.2, 0) is 0 Å². The Morgan fingerprint density at radius 3 is 2.69 bits per heavy atom. The molecule has 0 spiro atoms. The molecule has 0 aliphatic carbocycles. The summed E-state index contributed by atoms with van der Waals surface area (Å²) in [6.07, 6.45) is 1.66. The van der Waals surface area contributed by atoms with Crippen molar-refractivity contribution >= 4 is 57.1 Å². The summed E-state index contributed by atoms with van der Waals surface area (Å²) in [6, 6.07) is 7.67. The second kappa shape index (κ2) is 7.26. The number of H-pyrrole nitrogens is 1. The topological polar surface area (TPSA) is 109 Å². The molecule has 0 aliphatic heterocycles. The number of hydrogen-bond donors (Lipinski definition) is 3. The fourth-order valence-corrected chi connectivity index (χ4v) is 2.81. The van der Waals surface area contributed by atoms with E-state index in [1.807, 2.05) is 35.8 Å². The van der Waals surface area contributed by atoms with E-state index < -0.39 is 0 Å². The minimum atomic E-state index is 0. The first-order valence-electron chi connectivity index (χ1n) is 7.49. The van der Waals surface area contributed by atoms with E-state index in [1.165, 1.54) is 0 Å². The molecule has 9 nitrogen and oxygen atoms in total. The number of anilines is 3. The van der Waals surface area contributed by atoms with Gasteiger partial charge in [0, 0.05) is 17.6 Å². The number of aromatic amines is 1. The quantitative estimate of drug-likeness (QED) is 0.450. The monoisotopic (exact) mass is 435 g/mol. The molecule has 3 N–H and O–H groups in total. The van der Waals surface area contributed by atoms with Gasteiger partial charge in [-0.1, -0.05) is 15.9 Å². The first-order chi connectivity index (χ1) is 12.1. The van der Waals surface area contributed by atoms with E-state index in [-0.39, 0.29) is 12.4 Å². The van der Waals surface area contributed by atoms with Crippen LogP contribution >= 0.6 is 28.3 Å². The van der Waals surface area contributed by atoms with E-state index in [1.54, 1.807) is 13.2 Å². The maximum absolute atomic E-state index is 4.66. The third-order valence-electron chi connectivity index (χ3n) is 3.52. The molecule has 0 radical (unpaired) electrons. The zero-order valence-corrected chi connectivity index (χ0v) is 16.3. The average molecular weight is 437 g/mol. The highest BCUT2D eigenvalue weighted by Gasteiger charge is 2.17. The van der Waals surface area contributed by atoms with Crippen molar-refractivity contribution in [3.05, 3.63) is 40.8 Å². The first kappa shape index (κ1) is 18.1. The predicted molar refractivity (Wildman–Crippen MR) is 106 cm³/mol. The number of rotatable bonds is 4. The van der Waals surface area contributed by atoms with Crippen LogP contribution in [0.4, 0.5) is 17.7 Å². The van der Waals surface area contributed by atoms with Crippen LogP contribution in [0.2, 0.25) is 0 Å². The molecule has 4 aromatic rings. The van der Waals surface area contributed by atoms with Crippen molar-refractivity contribution in [1.29, 1.82) is 0 Å². The number of nitrogens with zero attached hydrogens (tertiary/aromatic N) is 6. The lowest BCUT2D eigenvalue weighted by Gasteiger charge is -2.10. The average Bonchev–Trinajstić information content (AvgIpc) is 3.21. The lowest BCUT2D eigenvalue weighted by molar-refractivity contribution is 0.887. The molecule has 0 aliphatic rings. The van der Waals surface area contributed by atoms with E-state index in [2.05, 4.69) is 56.7 Å². The van der Waals surface area contributed by atoms with Crippen molar-refractivity contribution in [3.63, 3.8) is 0 Å². The summed E-state index contributed by atoms with van der Waals surface area (Å²) in [5.41, 5.74) is 1.68. The van der Waals surface area contributed by atoms with E-state index in [0.717, 1.165) is 21.3 Å². The molecule has 1 aromatic carbocycles. The van der Waals surface area contributed by atoms with Crippen molar-refractivity contribution in [2.45, 2.75) is 6.92 Å². The van der Waals surface area contributed by atoms with Gasteiger partial charge < -0.3 is 10.6 Å². The fraction of sp³-hybridized carbons (Fsp3) is 0.133. The van der Waals surface area contributed by atoms with Crippen LogP contribution in [0.25, 0.3) is 17.0 Å². The first-order valence-corrected chi connectivity index (χ1v) is 8.28. The SMILES string of the molecule is CNc1nc(C)nc(-n2c(Nc3ccn[nH]3)nc3cc(Br)ccc32)n1.Cl.